The summed E-state index contributed by atoms with van der Waals surface area (Å²) in [4.78, 5) is 17.4. The lowest BCUT2D eigenvalue weighted by atomic mass is 10.1. The highest BCUT2D eigenvalue weighted by Gasteiger charge is 2.27. The van der Waals surface area contributed by atoms with E-state index in [4.69, 9.17) is 4.42 Å². The van der Waals surface area contributed by atoms with Crippen LogP contribution in [0, 0.1) is 0 Å². The molecule has 0 bridgehead atoms. The first-order valence-corrected chi connectivity index (χ1v) is 9.55. The Bertz CT molecular complexity index is 823. The van der Waals surface area contributed by atoms with E-state index >= 15 is 0 Å². The fourth-order valence-electron chi connectivity index (χ4n) is 3.25. The van der Waals surface area contributed by atoms with Crippen molar-refractivity contribution < 1.29 is 9.21 Å². The number of oxazole rings is 1. The largest absolute Gasteiger partial charge is 0.431 e. The van der Waals surface area contributed by atoms with Gasteiger partial charge in [-0.05, 0) is 42.3 Å². The Hall–Kier alpha value is -2.27. The van der Waals surface area contributed by atoms with Gasteiger partial charge in [0.25, 0.3) is 5.22 Å². The molecule has 1 atom stereocenters. The molecule has 1 aromatic heterocycles. The van der Waals surface area contributed by atoms with E-state index in [1.165, 1.54) is 24.6 Å². The predicted octanol–water partition coefficient (Wildman–Crippen LogP) is 4.72. The van der Waals surface area contributed by atoms with Crippen LogP contribution in [-0.2, 0) is 4.79 Å². The normalized spacial score (nSPS) is 16.2. The minimum absolute atomic E-state index is 0.0327. The second-order valence-corrected chi connectivity index (χ2v) is 7.40. The van der Waals surface area contributed by atoms with E-state index in [1.807, 2.05) is 54.6 Å². The Labute approximate surface area is 151 Å². The first-order valence-electron chi connectivity index (χ1n) is 8.67. The molecular weight excluding hydrogens is 332 g/mol. The first-order chi connectivity index (χ1) is 12.3. The van der Waals surface area contributed by atoms with Crippen LogP contribution in [0.2, 0.25) is 0 Å². The summed E-state index contributed by atoms with van der Waals surface area (Å²) >= 11 is 1.37. The third-order valence-electron chi connectivity index (χ3n) is 4.53. The van der Waals surface area contributed by atoms with E-state index in [1.54, 1.807) is 0 Å². The van der Waals surface area contributed by atoms with Crippen molar-refractivity contribution in [3.8, 4) is 0 Å². The van der Waals surface area contributed by atoms with Crippen molar-refractivity contribution in [1.82, 2.24) is 10.3 Å². The van der Waals surface area contributed by atoms with Crippen LogP contribution in [0.15, 0.2) is 64.2 Å². The average molecular weight is 352 g/mol. The van der Waals surface area contributed by atoms with Gasteiger partial charge in [-0.2, -0.15) is 0 Å². The Morgan fingerprint density at radius 2 is 1.80 bits per heavy atom. The zero-order valence-electron chi connectivity index (χ0n) is 13.9. The maximum Gasteiger partial charge on any atom is 0.257 e. The lowest BCUT2D eigenvalue weighted by Crippen LogP contribution is -2.35. The minimum Gasteiger partial charge on any atom is -0.431 e. The number of aromatic nitrogens is 1. The van der Waals surface area contributed by atoms with Gasteiger partial charge in [0.1, 0.15) is 10.8 Å². The van der Waals surface area contributed by atoms with Gasteiger partial charge in [-0.15, -0.1) is 0 Å². The summed E-state index contributed by atoms with van der Waals surface area (Å²) in [6, 6.07) is 17.8. The number of para-hydroxylation sites is 2. The van der Waals surface area contributed by atoms with E-state index in [9.17, 15) is 4.79 Å². The quantitative estimate of drug-likeness (QED) is 0.675. The lowest BCUT2D eigenvalue weighted by Gasteiger charge is -2.18. The molecule has 0 radical (unpaired) electrons. The SMILES string of the molecule is O=C(NC1CCCC1)C(Sc1nc2ccccc2o1)c1ccccc1. The second kappa shape index (κ2) is 7.31. The monoisotopic (exact) mass is 352 g/mol. The summed E-state index contributed by atoms with van der Waals surface area (Å²) in [6.45, 7) is 0. The molecule has 1 unspecified atom stereocenters. The highest BCUT2D eigenvalue weighted by Crippen LogP contribution is 2.36. The van der Waals surface area contributed by atoms with Gasteiger partial charge in [0, 0.05) is 6.04 Å². The molecule has 2 aromatic carbocycles. The number of benzene rings is 2. The molecule has 4 nitrogen and oxygen atoms in total. The first kappa shape index (κ1) is 16.2. The van der Waals surface area contributed by atoms with Crippen LogP contribution >= 0.6 is 11.8 Å². The number of carbonyl (C=O) groups is 1. The van der Waals surface area contributed by atoms with Gasteiger partial charge >= 0.3 is 0 Å². The van der Waals surface area contributed by atoms with Crippen molar-refractivity contribution in [3.63, 3.8) is 0 Å². The zero-order chi connectivity index (χ0) is 17.1. The molecular formula is C20H20N2O2S. The van der Waals surface area contributed by atoms with E-state index in [0.29, 0.717) is 11.3 Å². The molecule has 1 amide bonds. The number of amides is 1. The van der Waals surface area contributed by atoms with E-state index in [2.05, 4.69) is 10.3 Å². The summed E-state index contributed by atoms with van der Waals surface area (Å²) in [7, 11) is 0. The molecule has 4 rings (SSSR count). The summed E-state index contributed by atoms with van der Waals surface area (Å²) < 4.78 is 5.81. The number of nitrogens with one attached hydrogen (secondary N) is 1. The van der Waals surface area contributed by atoms with Crippen molar-refractivity contribution in [2.45, 2.75) is 42.2 Å². The van der Waals surface area contributed by atoms with E-state index in [0.717, 1.165) is 29.5 Å². The summed E-state index contributed by atoms with van der Waals surface area (Å²) in [5.74, 6) is 0.0327. The highest BCUT2D eigenvalue weighted by atomic mass is 32.2. The van der Waals surface area contributed by atoms with Gasteiger partial charge in [-0.1, -0.05) is 55.3 Å². The fraction of sp³-hybridized carbons (Fsp3) is 0.300. The molecule has 1 aliphatic carbocycles. The van der Waals surface area contributed by atoms with Gasteiger partial charge in [0.05, 0.1) is 0 Å². The van der Waals surface area contributed by atoms with Gasteiger partial charge in [0.15, 0.2) is 5.58 Å². The van der Waals surface area contributed by atoms with Crippen molar-refractivity contribution in [1.29, 1.82) is 0 Å². The molecule has 0 saturated heterocycles. The number of nitrogens with zero attached hydrogens (tertiary/aromatic N) is 1. The Balaban J connectivity index is 1.59. The van der Waals surface area contributed by atoms with Crippen LogP contribution in [0.3, 0.4) is 0 Å². The number of rotatable bonds is 5. The average Bonchev–Trinajstić information content (AvgIpc) is 3.29. The molecule has 1 N–H and O–H groups in total. The number of carbonyl (C=O) groups excluding carboxylic acids is 1. The molecule has 1 saturated carbocycles. The molecule has 0 spiro atoms. The van der Waals surface area contributed by atoms with Crippen LogP contribution in [0.1, 0.15) is 36.5 Å². The van der Waals surface area contributed by atoms with E-state index < -0.39 is 0 Å². The van der Waals surface area contributed by atoms with Gasteiger partial charge in [-0.3, -0.25) is 4.79 Å². The molecule has 25 heavy (non-hydrogen) atoms. The molecule has 128 valence electrons. The topological polar surface area (TPSA) is 55.1 Å². The zero-order valence-corrected chi connectivity index (χ0v) is 14.7. The number of thioether (sulfide) groups is 1. The second-order valence-electron chi connectivity index (χ2n) is 6.35. The minimum atomic E-state index is -0.366. The Morgan fingerprint density at radius 3 is 2.56 bits per heavy atom. The van der Waals surface area contributed by atoms with Crippen molar-refractivity contribution in [2.75, 3.05) is 0 Å². The van der Waals surface area contributed by atoms with E-state index in [-0.39, 0.29) is 11.2 Å². The van der Waals surface area contributed by atoms with Crippen molar-refractivity contribution in [2.24, 2.45) is 0 Å². The molecule has 1 fully saturated rings. The summed E-state index contributed by atoms with van der Waals surface area (Å²) in [5, 5.41) is 3.36. The third kappa shape index (κ3) is 3.71. The molecule has 5 heteroatoms. The van der Waals surface area contributed by atoms with Crippen LogP contribution < -0.4 is 5.32 Å². The van der Waals surface area contributed by atoms with Crippen LogP contribution in [0.5, 0.6) is 0 Å². The number of hydrogen-bond donors (Lipinski definition) is 1. The van der Waals surface area contributed by atoms with Crippen LogP contribution in [-0.4, -0.2) is 16.9 Å². The molecule has 0 aliphatic heterocycles. The molecule has 1 aliphatic rings. The van der Waals surface area contributed by atoms with Gasteiger partial charge in [-0.25, -0.2) is 4.98 Å². The Morgan fingerprint density at radius 1 is 1.08 bits per heavy atom. The van der Waals surface area contributed by atoms with Crippen LogP contribution in [0.25, 0.3) is 11.1 Å². The molecule has 1 heterocycles. The third-order valence-corrected chi connectivity index (χ3v) is 5.63. The number of hydrogen-bond acceptors (Lipinski definition) is 4. The molecule has 3 aromatic rings. The maximum atomic E-state index is 12.9. The fourth-order valence-corrected chi connectivity index (χ4v) is 4.21. The highest BCUT2D eigenvalue weighted by molar-refractivity contribution is 8.00. The lowest BCUT2D eigenvalue weighted by molar-refractivity contribution is -0.121. The number of fused-ring (bicyclic) bond motifs is 1. The summed E-state index contributed by atoms with van der Waals surface area (Å²) in [6.07, 6.45) is 4.53. The predicted molar refractivity (Wildman–Crippen MR) is 99.4 cm³/mol. The Kier molecular flexibility index (Phi) is 4.74. The maximum absolute atomic E-state index is 12.9. The summed E-state index contributed by atoms with van der Waals surface area (Å²) in [5.41, 5.74) is 2.52. The van der Waals surface area contributed by atoms with Crippen molar-refractivity contribution >= 4 is 28.8 Å². The van der Waals surface area contributed by atoms with Crippen molar-refractivity contribution in [3.05, 3.63) is 60.2 Å². The van der Waals surface area contributed by atoms with Gasteiger partial charge < -0.3 is 9.73 Å². The standard InChI is InChI=1S/C20H20N2O2S/c23-19(21-15-10-4-5-11-15)18(14-8-2-1-3-9-14)25-20-22-16-12-6-7-13-17(16)24-20/h1-3,6-9,12-13,15,18H,4-5,10-11H2,(H,21,23). The van der Waals surface area contributed by atoms with Crippen LogP contribution in [0.4, 0.5) is 0 Å². The smallest absolute Gasteiger partial charge is 0.257 e. The van der Waals surface area contributed by atoms with Gasteiger partial charge in [0.2, 0.25) is 5.91 Å².